The molecule has 0 aliphatic carbocycles. The van der Waals surface area contributed by atoms with Crippen LogP contribution in [0.3, 0.4) is 0 Å². The Morgan fingerprint density at radius 1 is 1.40 bits per heavy atom. The molecule has 1 fully saturated rings. The number of aromatic amines is 1. The van der Waals surface area contributed by atoms with Crippen molar-refractivity contribution in [2.75, 3.05) is 26.3 Å². The zero-order chi connectivity index (χ0) is 20.9. The molecule has 1 amide bonds. The van der Waals surface area contributed by atoms with Crippen molar-refractivity contribution in [2.24, 2.45) is 0 Å². The molecule has 30 heavy (non-hydrogen) atoms. The van der Waals surface area contributed by atoms with Gasteiger partial charge in [-0.25, -0.2) is 0 Å². The number of halogens is 1. The fourth-order valence-corrected chi connectivity index (χ4v) is 4.09. The van der Waals surface area contributed by atoms with Crippen LogP contribution in [0, 0.1) is 0 Å². The lowest BCUT2D eigenvalue weighted by Gasteiger charge is -2.31. The first-order valence-corrected chi connectivity index (χ1v) is 10.9. The summed E-state index contributed by atoms with van der Waals surface area (Å²) in [5, 5.41) is 12.1. The van der Waals surface area contributed by atoms with Gasteiger partial charge in [0.05, 0.1) is 31.1 Å². The summed E-state index contributed by atoms with van der Waals surface area (Å²) < 4.78 is 15.5. The number of aryl methyl sites for hydroxylation is 1. The van der Waals surface area contributed by atoms with Gasteiger partial charge in [0.1, 0.15) is 16.7 Å². The summed E-state index contributed by atoms with van der Waals surface area (Å²) in [6.45, 7) is 3.94. The second-order valence-corrected chi connectivity index (χ2v) is 8.07. The van der Waals surface area contributed by atoms with E-state index in [-0.39, 0.29) is 12.0 Å². The summed E-state index contributed by atoms with van der Waals surface area (Å²) in [4.78, 5) is 15.3. The fraction of sp³-hybridized carbons (Fsp3) is 0.400. The number of hydrogen-bond acceptors (Lipinski definition) is 7. The number of aromatic nitrogens is 4. The number of nitrogens with zero attached hydrogens (tertiary/aromatic N) is 4. The highest BCUT2D eigenvalue weighted by molar-refractivity contribution is 7.08. The van der Waals surface area contributed by atoms with Gasteiger partial charge in [0.25, 0.3) is 5.91 Å². The standard InChI is InChI=1S/C20H22ClN5O3S/c1-2-16-19(30-25-24-16)20(27)26-8-10-29-18(12-26)17-11-14(22-23-17)7-9-28-15-5-3-13(21)4-6-15/h3-6,11,18H,2,7-10,12H2,1H3,(H,22,23)/t18-/m1/s1. The summed E-state index contributed by atoms with van der Waals surface area (Å²) in [6.07, 6.45) is 1.10. The normalized spacial score (nSPS) is 16.6. The molecule has 158 valence electrons. The molecule has 4 rings (SSSR count). The molecule has 1 atom stereocenters. The van der Waals surface area contributed by atoms with Crippen LogP contribution >= 0.6 is 23.1 Å². The largest absolute Gasteiger partial charge is 0.493 e. The van der Waals surface area contributed by atoms with Crippen molar-refractivity contribution >= 4 is 29.0 Å². The molecule has 0 unspecified atom stereocenters. The maximum atomic E-state index is 12.9. The summed E-state index contributed by atoms with van der Waals surface area (Å²) in [5.41, 5.74) is 2.48. The monoisotopic (exact) mass is 447 g/mol. The highest BCUT2D eigenvalue weighted by Crippen LogP contribution is 2.24. The van der Waals surface area contributed by atoms with E-state index < -0.39 is 0 Å². The molecular formula is C20H22ClN5O3S. The third-order valence-electron chi connectivity index (χ3n) is 4.87. The predicted octanol–water partition coefficient (Wildman–Crippen LogP) is 3.31. The Kier molecular flexibility index (Phi) is 6.61. The number of benzene rings is 1. The highest BCUT2D eigenvalue weighted by atomic mass is 35.5. The van der Waals surface area contributed by atoms with Crippen LogP contribution in [-0.2, 0) is 17.6 Å². The lowest BCUT2D eigenvalue weighted by molar-refractivity contribution is -0.0246. The fourth-order valence-electron chi connectivity index (χ4n) is 3.24. The van der Waals surface area contributed by atoms with E-state index in [1.165, 1.54) is 0 Å². The van der Waals surface area contributed by atoms with Gasteiger partial charge in [-0.3, -0.25) is 9.89 Å². The Hall–Kier alpha value is -2.49. The second kappa shape index (κ2) is 9.55. The lowest BCUT2D eigenvalue weighted by atomic mass is 10.1. The summed E-state index contributed by atoms with van der Waals surface area (Å²) in [6, 6.07) is 9.24. The minimum atomic E-state index is -0.268. The molecular weight excluding hydrogens is 426 g/mol. The van der Waals surface area contributed by atoms with Crippen molar-refractivity contribution in [1.82, 2.24) is 24.7 Å². The molecule has 8 nitrogen and oxygen atoms in total. The Morgan fingerprint density at radius 2 is 2.23 bits per heavy atom. The smallest absolute Gasteiger partial charge is 0.267 e. The van der Waals surface area contributed by atoms with Crippen LogP contribution in [0.2, 0.25) is 5.02 Å². The maximum absolute atomic E-state index is 12.9. The first kappa shape index (κ1) is 20.8. The highest BCUT2D eigenvalue weighted by Gasteiger charge is 2.29. The molecule has 0 saturated carbocycles. The van der Waals surface area contributed by atoms with Crippen molar-refractivity contribution in [1.29, 1.82) is 0 Å². The topological polar surface area (TPSA) is 93.2 Å². The molecule has 10 heteroatoms. The summed E-state index contributed by atoms with van der Waals surface area (Å²) >= 11 is 7.03. The first-order chi connectivity index (χ1) is 14.6. The zero-order valence-corrected chi connectivity index (χ0v) is 18.1. The van der Waals surface area contributed by atoms with E-state index in [4.69, 9.17) is 21.1 Å². The molecule has 3 aromatic rings. The Balaban J connectivity index is 1.33. The SMILES string of the molecule is CCc1nnsc1C(=O)N1CCO[C@@H](c2cc(CCOc3ccc(Cl)cc3)[nH]n2)C1. The summed E-state index contributed by atoms with van der Waals surface area (Å²) in [5.74, 6) is 0.732. The van der Waals surface area contributed by atoms with Gasteiger partial charge in [0, 0.05) is 23.7 Å². The number of hydrogen-bond donors (Lipinski definition) is 1. The molecule has 1 saturated heterocycles. The molecule has 0 radical (unpaired) electrons. The zero-order valence-electron chi connectivity index (χ0n) is 16.5. The minimum Gasteiger partial charge on any atom is -0.493 e. The van der Waals surface area contributed by atoms with E-state index in [1.54, 1.807) is 17.0 Å². The lowest BCUT2D eigenvalue weighted by Crippen LogP contribution is -2.42. The average molecular weight is 448 g/mol. The molecule has 0 bridgehead atoms. The quantitative estimate of drug-likeness (QED) is 0.597. The van der Waals surface area contributed by atoms with Crippen molar-refractivity contribution in [3.63, 3.8) is 0 Å². The average Bonchev–Trinajstić information content (AvgIpc) is 3.44. The van der Waals surface area contributed by atoms with Crippen LogP contribution in [0.25, 0.3) is 0 Å². The molecule has 1 aromatic carbocycles. The van der Waals surface area contributed by atoms with Gasteiger partial charge in [-0.2, -0.15) is 5.10 Å². The molecule has 0 spiro atoms. The first-order valence-electron chi connectivity index (χ1n) is 9.78. The van der Waals surface area contributed by atoms with Gasteiger partial charge in [-0.1, -0.05) is 23.0 Å². The van der Waals surface area contributed by atoms with Crippen LogP contribution in [0.1, 0.15) is 39.8 Å². The Morgan fingerprint density at radius 3 is 3.03 bits per heavy atom. The van der Waals surface area contributed by atoms with E-state index in [0.717, 1.165) is 34.4 Å². The number of morpholine rings is 1. The molecule has 1 aliphatic rings. The van der Waals surface area contributed by atoms with Crippen LogP contribution < -0.4 is 4.74 Å². The number of rotatable bonds is 7. The van der Waals surface area contributed by atoms with Gasteiger partial charge in [0.2, 0.25) is 0 Å². The van der Waals surface area contributed by atoms with Crippen LogP contribution in [0.15, 0.2) is 30.3 Å². The van der Waals surface area contributed by atoms with Crippen molar-refractivity contribution in [3.05, 3.63) is 57.3 Å². The van der Waals surface area contributed by atoms with Crippen molar-refractivity contribution in [2.45, 2.75) is 25.9 Å². The predicted molar refractivity (Wildman–Crippen MR) is 113 cm³/mol. The van der Waals surface area contributed by atoms with E-state index in [1.807, 2.05) is 25.1 Å². The number of H-pyrrole nitrogens is 1. The van der Waals surface area contributed by atoms with E-state index in [2.05, 4.69) is 19.8 Å². The Bertz CT molecular complexity index is 991. The number of nitrogens with one attached hydrogen (secondary N) is 1. The van der Waals surface area contributed by atoms with Crippen LogP contribution in [0.5, 0.6) is 5.75 Å². The summed E-state index contributed by atoms with van der Waals surface area (Å²) in [7, 11) is 0. The second-order valence-electron chi connectivity index (χ2n) is 6.88. The molecule has 1 N–H and O–H groups in total. The van der Waals surface area contributed by atoms with Crippen molar-refractivity contribution in [3.8, 4) is 5.75 Å². The van der Waals surface area contributed by atoms with Gasteiger partial charge in [-0.15, -0.1) is 5.10 Å². The molecule has 1 aliphatic heterocycles. The number of carbonyl (C=O) groups is 1. The van der Waals surface area contributed by atoms with Crippen LogP contribution in [0.4, 0.5) is 0 Å². The van der Waals surface area contributed by atoms with Gasteiger partial charge >= 0.3 is 0 Å². The third kappa shape index (κ3) is 4.80. The van der Waals surface area contributed by atoms with Gasteiger partial charge in [-0.05, 0) is 48.3 Å². The van der Waals surface area contributed by atoms with E-state index in [9.17, 15) is 4.79 Å². The maximum Gasteiger partial charge on any atom is 0.267 e. The Labute approximate surface area is 183 Å². The number of carbonyl (C=O) groups excluding carboxylic acids is 1. The third-order valence-corrected chi connectivity index (χ3v) is 5.88. The van der Waals surface area contributed by atoms with Gasteiger partial charge < -0.3 is 14.4 Å². The minimum absolute atomic E-state index is 0.0396. The van der Waals surface area contributed by atoms with E-state index in [0.29, 0.717) is 49.0 Å². The number of amides is 1. The van der Waals surface area contributed by atoms with Gasteiger partial charge in [0.15, 0.2) is 0 Å². The number of ether oxygens (including phenoxy) is 2. The molecule has 3 heterocycles. The van der Waals surface area contributed by atoms with Crippen LogP contribution in [-0.4, -0.2) is 56.9 Å². The van der Waals surface area contributed by atoms with Crippen molar-refractivity contribution < 1.29 is 14.3 Å². The molecule has 2 aromatic heterocycles. The van der Waals surface area contributed by atoms with E-state index >= 15 is 0 Å².